The van der Waals surface area contributed by atoms with Gasteiger partial charge in [-0.05, 0) is 50.6 Å². The van der Waals surface area contributed by atoms with Gasteiger partial charge in [-0.1, -0.05) is 13.0 Å². The van der Waals surface area contributed by atoms with Gasteiger partial charge in [-0.25, -0.2) is 0 Å². The van der Waals surface area contributed by atoms with Crippen molar-refractivity contribution in [3.05, 3.63) is 23.8 Å². The number of amides is 1. The van der Waals surface area contributed by atoms with E-state index in [1.807, 2.05) is 25.1 Å². The molecule has 2 rings (SSSR count). The molecule has 1 heterocycles. The highest BCUT2D eigenvalue weighted by atomic mass is 16.5. The lowest BCUT2D eigenvalue weighted by Crippen LogP contribution is -2.41. The van der Waals surface area contributed by atoms with E-state index >= 15 is 0 Å². The Labute approximate surface area is 132 Å². The summed E-state index contributed by atoms with van der Waals surface area (Å²) < 4.78 is 10.8. The number of hydrogen-bond acceptors (Lipinski definition) is 4. The molecule has 0 aliphatic carbocycles. The molecule has 22 heavy (non-hydrogen) atoms. The van der Waals surface area contributed by atoms with Crippen molar-refractivity contribution in [3.8, 4) is 11.5 Å². The minimum atomic E-state index is -0.0921. The smallest absolute Gasteiger partial charge is 0.257 e. The normalized spacial score (nSPS) is 18.2. The van der Waals surface area contributed by atoms with Crippen LogP contribution < -0.4 is 14.8 Å². The van der Waals surface area contributed by atoms with E-state index in [0.717, 1.165) is 25.1 Å². The fourth-order valence-corrected chi connectivity index (χ4v) is 2.86. The highest BCUT2D eigenvalue weighted by Crippen LogP contribution is 2.27. The molecule has 0 spiro atoms. The first kappa shape index (κ1) is 16.6. The van der Waals surface area contributed by atoms with Crippen molar-refractivity contribution in [1.29, 1.82) is 0 Å². The van der Waals surface area contributed by atoms with Crippen LogP contribution in [0.5, 0.6) is 11.5 Å². The molecule has 0 radical (unpaired) electrons. The van der Waals surface area contributed by atoms with Crippen LogP contribution in [0.2, 0.25) is 0 Å². The summed E-state index contributed by atoms with van der Waals surface area (Å²) in [5.74, 6) is 1.16. The highest BCUT2D eigenvalue weighted by Gasteiger charge is 2.23. The highest BCUT2D eigenvalue weighted by molar-refractivity contribution is 5.77. The standard InChI is InChI=1S/C17H26N2O3/c1-4-19-9-5-6-14(19)11-18-17(20)12-22-15-8-7-13(2)10-16(15)21-3/h7-8,10,14H,4-6,9,11-12H2,1-3H3,(H,18,20). The Morgan fingerprint density at radius 2 is 2.23 bits per heavy atom. The zero-order valence-corrected chi connectivity index (χ0v) is 13.7. The molecule has 1 amide bonds. The Bertz CT molecular complexity index is 505. The van der Waals surface area contributed by atoms with Crippen LogP contribution in [0.3, 0.4) is 0 Å². The number of likely N-dealkylation sites (tertiary alicyclic amines) is 1. The number of likely N-dealkylation sites (N-methyl/N-ethyl adjacent to an activating group) is 1. The number of nitrogens with zero attached hydrogens (tertiary/aromatic N) is 1. The molecule has 1 fully saturated rings. The van der Waals surface area contributed by atoms with Crippen molar-refractivity contribution in [1.82, 2.24) is 10.2 Å². The first-order chi connectivity index (χ1) is 10.6. The molecule has 1 unspecified atom stereocenters. The van der Waals surface area contributed by atoms with Crippen LogP contribution in [0.15, 0.2) is 18.2 Å². The Hall–Kier alpha value is -1.75. The number of hydrogen-bond donors (Lipinski definition) is 1. The molecule has 0 saturated carbocycles. The molecule has 5 heteroatoms. The van der Waals surface area contributed by atoms with E-state index in [4.69, 9.17) is 9.47 Å². The quantitative estimate of drug-likeness (QED) is 0.837. The van der Waals surface area contributed by atoms with Crippen LogP contribution in [0.1, 0.15) is 25.3 Å². The van der Waals surface area contributed by atoms with Crippen LogP contribution in [0, 0.1) is 6.92 Å². The average Bonchev–Trinajstić information content (AvgIpc) is 2.99. The first-order valence-corrected chi connectivity index (χ1v) is 7.92. The van der Waals surface area contributed by atoms with E-state index < -0.39 is 0 Å². The lowest BCUT2D eigenvalue weighted by molar-refractivity contribution is -0.123. The Kier molecular flexibility index (Phi) is 6.07. The number of aryl methyl sites for hydroxylation is 1. The van der Waals surface area contributed by atoms with Gasteiger partial charge in [0.2, 0.25) is 0 Å². The van der Waals surface area contributed by atoms with Crippen molar-refractivity contribution in [2.75, 3.05) is 33.4 Å². The fraction of sp³-hybridized carbons (Fsp3) is 0.588. The van der Waals surface area contributed by atoms with E-state index in [-0.39, 0.29) is 12.5 Å². The molecule has 5 nitrogen and oxygen atoms in total. The number of rotatable bonds is 7. The number of nitrogens with one attached hydrogen (secondary N) is 1. The maximum Gasteiger partial charge on any atom is 0.257 e. The summed E-state index contributed by atoms with van der Waals surface area (Å²) in [5, 5.41) is 2.96. The molecule has 1 aliphatic rings. The lowest BCUT2D eigenvalue weighted by Gasteiger charge is -2.22. The number of carbonyl (C=O) groups excluding carboxylic acids is 1. The summed E-state index contributed by atoms with van der Waals surface area (Å²) in [6, 6.07) is 6.12. The monoisotopic (exact) mass is 306 g/mol. The summed E-state index contributed by atoms with van der Waals surface area (Å²) >= 11 is 0. The van der Waals surface area contributed by atoms with Gasteiger partial charge in [-0.15, -0.1) is 0 Å². The predicted molar refractivity (Wildman–Crippen MR) is 86.5 cm³/mol. The molecule has 1 aromatic rings. The molecule has 1 N–H and O–H groups in total. The van der Waals surface area contributed by atoms with Crippen molar-refractivity contribution >= 4 is 5.91 Å². The molecular formula is C17H26N2O3. The summed E-state index contributed by atoms with van der Waals surface area (Å²) in [6.07, 6.45) is 2.37. The summed E-state index contributed by atoms with van der Waals surface area (Å²) in [4.78, 5) is 14.3. The van der Waals surface area contributed by atoms with Crippen LogP contribution >= 0.6 is 0 Å². The number of benzene rings is 1. The summed E-state index contributed by atoms with van der Waals surface area (Å²) in [6.45, 7) is 7.03. The van der Waals surface area contributed by atoms with Gasteiger partial charge in [0.25, 0.3) is 5.91 Å². The van der Waals surface area contributed by atoms with Gasteiger partial charge in [0, 0.05) is 12.6 Å². The van der Waals surface area contributed by atoms with Gasteiger partial charge in [0.05, 0.1) is 7.11 Å². The van der Waals surface area contributed by atoms with Gasteiger partial charge in [0.1, 0.15) is 0 Å². The lowest BCUT2D eigenvalue weighted by atomic mass is 10.2. The first-order valence-electron chi connectivity index (χ1n) is 7.92. The third-order valence-electron chi connectivity index (χ3n) is 4.12. The van der Waals surface area contributed by atoms with Crippen molar-refractivity contribution in [3.63, 3.8) is 0 Å². The molecule has 0 bridgehead atoms. The van der Waals surface area contributed by atoms with Crippen molar-refractivity contribution < 1.29 is 14.3 Å². The third-order valence-corrected chi connectivity index (χ3v) is 4.12. The SMILES string of the molecule is CCN1CCCC1CNC(=O)COc1ccc(C)cc1OC. The number of carbonyl (C=O) groups is 1. The topological polar surface area (TPSA) is 50.8 Å². The molecule has 1 aromatic carbocycles. The van der Waals surface area contributed by atoms with Gasteiger partial charge in [-0.3, -0.25) is 9.69 Å². The fourth-order valence-electron chi connectivity index (χ4n) is 2.86. The third kappa shape index (κ3) is 4.37. The molecule has 1 saturated heterocycles. The van der Waals surface area contributed by atoms with Crippen LogP contribution in [0.4, 0.5) is 0 Å². The Balaban J connectivity index is 1.78. The van der Waals surface area contributed by atoms with Gasteiger partial charge < -0.3 is 14.8 Å². The number of methoxy groups -OCH3 is 1. The summed E-state index contributed by atoms with van der Waals surface area (Å²) in [5.41, 5.74) is 1.09. The van der Waals surface area contributed by atoms with Crippen LogP contribution in [-0.4, -0.2) is 50.2 Å². The number of ether oxygens (including phenoxy) is 2. The average molecular weight is 306 g/mol. The maximum absolute atomic E-state index is 11.9. The molecule has 1 aliphatic heterocycles. The molecule has 122 valence electrons. The molecule has 1 atom stereocenters. The minimum absolute atomic E-state index is 0.0122. The van der Waals surface area contributed by atoms with E-state index in [2.05, 4.69) is 17.1 Å². The van der Waals surface area contributed by atoms with E-state index in [1.165, 1.54) is 6.42 Å². The second kappa shape index (κ2) is 8.03. The minimum Gasteiger partial charge on any atom is -0.493 e. The van der Waals surface area contributed by atoms with Gasteiger partial charge >= 0.3 is 0 Å². The Morgan fingerprint density at radius 1 is 1.41 bits per heavy atom. The van der Waals surface area contributed by atoms with Crippen molar-refractivity contribution in [2.45, 2.75) is 32.7 Å². The van der Waals surface area contributed by atoms with Gasteiger partial charge in [0.15, 0.2) is 18.1 Å². The van der Waals surface area contributed by atoms with Gasteiger partial charge in [-0.2, -0.15) is 0 Å². The zero-order chi connectivity index (χ0) is 15.9. The van der Waals surface area contributed by atoms with Crippen LogP contribution in [0.25, 0.3) is 0 Å². The van der Waals surface area contributed by atoms with Crippen molar-refractivity contribution in [2.24, 2.45) is 0 Å². The van der Waals surface area contributed by atoms with E-state index in [1.54, 1.807) is 7.11 Å². The van der Waals surface area contributed by atoms with E-state index in [9.17, 15) is 4.79 Å². The largest absolute Gasteiger partial charge is 0.493 e. The maximum atomic E-state index is 11.9. The zero-order valence-electron chi connectivity index (χ0n) is 13.7. The second-order valence-electron chi connectivity index (χ2n) is 5.67. The summed E-state index contributed by atoms with van der Waals surface area (Å²) in [7, 11) is 1.60. The predicted octanol–water partition coefficient (Wildman–Crippen LogP) is 1.98. The Morgan fingerprint density at radius 3 is 2.95 bits per heavy atom. The second-order valence-corrected chi connectivity index (χ2v) is 5.67. The van der Waals surface area contributed by atoms with Crippen LogP contribution in [-0.2, 0) is 4.79 Å². The molecule has 0 aromatic heterocycles. The van der Waals surface area contributed by atoms with E-state index in [0.29, 0.717) is 24.1 Å². The molecular weight excluding hydrogens is 280 g/mol.